The quantitative estimate of drug-likeness (QED) is 0.601. The summed E-state index contributed by atoms with van der Waals surface area (Å²) in [5.41, 5.74) is -0.00794. The van der Waals surface area contributed by atoms with Gasteiger partial charge in [0, 0.05) is 17.3 Å². The van der Waals surface area contributed by atoms with Crippen LogP contribution in [0.15, 0.2) is 54.6 Å². The van der Waals surface area contributed by atoms with Gasteiger partial charge >= 0.3 is 6.18 Å². The van der Waals surface area contributed by atoms with Gasteiger partial charge in [-0.25, -0.2) is 9.37 Å². The fourth-order valence-corrected chi connectivity index (χ4v) is 2.36. The molecule has 0 atom stereocenters. The molecule has 0 fully saturated rings. The molecule has 140 valence electrons. The maximum Gasteiger partial charge on any atom is 0.416 e. The molecule has 1 N–H and O–H groups in total. The van der Waals surface area contributed by atoms with Crippen molar-refractivity contribution in [3.8, 4) is 17.3 Å². The van der Waals surface area contributed by atoms with Crippen LogP contribution in [0.3, 0.4) is 0 Å². The van der Waals surface area contributed by atoms with Gasteiger partial charge in [-0.3, -0.25) is 0 Å². The Labute approximate surface area is 152 Å². The lowest BCUT2D eigenvalue weighted by Crippen LogP contribution is -2.06. The molecule has 0 aliphatic carbocycles. The van der Waals surface area contributed by atoms with E-state index in [2.05, 4.69) is 15.3 Å². The van der Waals surface area contributed by atoms with Crippen molar-refractivity contribution in [1.82, 2.24) is 9.97 Å². The fraction of sp³-hybridized carbons (Fsp3) is 0.158. The zero-order chi connectivity index (χ0) is 19.4. The van der Waals surface area contributed by atoms with Gasteiger partial charge in [-0.15, -0.1) is 0 Å². The van der Waals surface area contributed by atoms with Crippen LogP contribution >= 0.6 is 0 Å². The first-order chi connectivity index (χ1) is 12.8. The molecule has 2 aromatic carbocycles. The van der Waals surface area contributed by atoms with Crippen molar-refractivity contribution in [3.05, 3.63) is 66.0 Å². The minimum absolute atomic E-state index is 0.219. The summed E-state index contributed by atoms with van der Waals surface area (Å²) in [7, 11) is 0. The molecule has 4 nitrogen and oxygen atoms in total. The van der Waals surface area contributed by atoms with E-state index in [9.17, 15) is 17.6 Å². The van der Waals surface area contributed by atoms with Gasteiger partial charge in [-0.05, 0) is 49.4 Å². The summed E-state index contributed by atoms with van der Waals surface area (Å²) in [6.45, 7) is 2.13. The first-order valence-corrected chi connectivity index (χ1v) is 8.07. The van der Waals surface area contributed by atoms with Crippen LogP contribution in [0.4, 0.5) is 29.1 Å². The average molecular weight is 377 g/mol. The highest BCUT2D eigenvalue weighted by atomic mass is 19.4. The molecule has 0 spiro atoms. The number of nitrogens with zero attached hydrogens (tertiary/aromatic N) is 2. The number of aromatic nitrogens is 2. The van der Waals surface area contributed by atoms with Crippen LogP contribution in [0.1, 0.15) is 12.5 Å². The highest BCUT2D eigenvalue weighted by Crippen LogP contribution is 2.32. The Balaban J connectivity index is 1.96. The van der Waals surface area contributed by atoms with Gasteiger partial charge in [0.25, 0.3) is 0 Å². The molecule has 1 aromatic heterocycles. The second-order valence-corrected chi connectivity index (χ2v) is 5.56. The van der Waals surface area contributed by atoms with E-state index in [1.54, 1.807) is 6.92 Å². The molecule has 3 rings (SSSR count). The Morgan fingerprint density at radius 2 is 1.74 bits per heavy atom. The largest absolute Gasteiger partial charge is 0.478 e. The fourth-order valence-electron chi connectivity index (χ4n) is 2.36. The smallest absolute Gasteiger partial charge is 0.416 e. The van der Waals surface area contributed by atoms with Crippen LogP contribution in [0.2, 0.25) is 0 Å². The molecular weight excluding hydrogens is 362 g/mol. The van der Waals surface area contributed by atoms with E-state index < -0.39 is 17.6 Å². The standard InChI is InChI=1S/C19H15F4N3O/c1-2-27-17-11-16(24-15-5-3-4-13(10-15)19(21,22)23)25-18(26-17)12-6-8-14(20)9-7-12/h3-11H,2H2,1H3,(H,24,25,26). The summed E-state index contributed by atoms with van der Waals surface area (Å²) in [6.07, 6.45) is -4.45. The van der Waals surface area contributed by atoms with E-state index in [0.717, 1.165) is 12.1 Å². The predicted molar refractivity (Wildman–Crippen MR) is 93.3 cm³/mol. The molecule has 0 saturated carbocycles. The Kier molecular flexibility index (Phi) is 5.25. The topological polar surface area (TPSA) is 47.0 Å². The number of nitrogens with one attached hydrogen (secondary N) is 1. The zero-order valence-electron chi connectivity index (χ0n) is 14.2. The van der Waals surface area contributed by atoms with Crippen molar-refractivity contribution in [2.24, 2.45) is 0 Å². The summed E-state index contributed by atoms with van der Waals surface area (Å²) in [4.78, 5) is 8.54. The van der Waals surface area contributed by atoms with E-state index >= 15 is 0 Å². The number of hydrogen-bond donors (Lipinski definition) is 1. The second kappa shape index (κ2) is 7.61. The lowest BCUT2D eigenvalue weighted by atomic mass is 10.2. The minimum atomic E-state index is -4.45. The highest BCUT2D eigenvalue weighted by molar-refractivity contribution is 5.63. The van der Waals surface area contributed by atoms with Crippen LogP contribution in [0, 0.1) is 5.82 Å². The normalized spacial score (nSPS) is 11.3. The predicted octanol–water partition coefficient (Wildman–Crippen LogP) is 5.44. The molecule has 0 saturated heterocycles. The van der Waals surface area contributed by atoms with Gasteiger partial charge in [0.15, 0.2) is 5.82 Å². The molecule has 0 aliphatic rings. The van der Waals surface area contributed by atoms with E-state index in [4.69, 9.17) is 4.74 Å². The lowest BCUT2D eigenvalue weighted by molar-refractivity contribution is -0.137. The van der Waals surface area contributed by atoms with Crippen LogP contribution in [0.5, 0.6) is 5.88 Å². The summed E-state index contributed by atoms with van der Waals surface area (Å²) in [5.74, 6) is 0.367. The SMILES string of the molecule is CCOc1cc(Nc2cccc(C(F)(F)F)c2)nc(-c2ccc(F)cc2)n1. The Morgan fingerprint density at radius 1 is 1.00 bits per heavy atom. The minimum Gasteiger partial charge on any atom is -0.478 e. The van der Waals surface area contributed by atoms with Crippen molar-refractivity contribution in [3.63, 3.8) is 0 Å². The van der Waals surface area contributed by atoms with Gasteiger partial charge < -0.3 is 10.1 Å². The maximum absolute atomic E-state index is 13.1. The van der Waals surface area contributed by atoms with Crippen LogP contribution in [-0.4, -0.2) is 16.6 Å². The maximum atomic E-state index is 13.1. The van der Waals surface area contributed by atoms with E-state index in [0.29, 0.717) is 12.2 Å². The van der Waals surface area contributed by atoms with Gasteiger partial charge in [0.2, 0.25) is 5.88 Å². The molecule has 1 heterocycles. The Morgan fingerprint density at radius 3 is 2.41 bits per heavy atom. The molecule has 0 aliphatic heterocycles. The van der Waals surface area contributed by atoms with Crippen molar-refractivity contribution < 1.29 is 22.3 Å². The first-order valence-electron chi connectivity index (χ1n) is 8.07. The van der Waals surface area contributed by atoms with Crippen molar-refractivity contribution in [2.45, 2.75) is 13.1 Å². The monoisotopic (exact) mass is 377 g/mol. The highest BCUT2D eigenvalue weighted by Gasteiger charge is 2.30. The lowest BCUT2D eigenvalue weighted by Gasteiger charge is -2.12. The molecule has 0 bridgehead atoms. The summed E-state index contributed by atoms with van der Waals surface area (Å²) in [6, 6.07) is 11.8. The van der Waals surface area contributed by atoms with Gasteiger partial charge in [0.05, 0.1) is 12.2 Å². The van der Waals surface area contributed by atoms with Crippen molar-refractivity contribution >= 4 is 11.5 Å². The van der Waals surface area contributed by atoms with Gasteiger partial charge in [-0.2, -0.15) is 18.2 Å². The van der Waals surface area contributed by atoms with Crippen LogP contribution in [-0.2, 0) is 6.18 Å². The summed E-state index contributed by atoms with van der Waals surface area (Å²) < 4.78 is 57.2. The van der Waals surface area contributed by atoms with Crippen molar-refractivity contribution in [2.75, 3.05) is 11.9 Å². The molecule has 27 heavy (non-hydrogen) atoms. The molecule has 0 amide bonds. The average Bonchev–Trinajstić information content (AvgIpc) is 2.62. The number of ether oxygens (including phenoxy) is 1. The third-order valence-electron chi connectivity index (χ3n) is 3.56. The Bertz CT molecular complexity index is 927. The van der Waals surface area contributed by atoms with Crippen LogP contribution in [0.25, 0.3) is 11.4 Å². The summed E-state index contributed by atoms with van der Waals surface area (Å²) in [5, 5.41) is 2.83. The van der Waals surface area contributed by atoms with Crippen LogP contribution < -0.4 is 10.1 Å². The Hall–Kier alpha value is -3.16. The third kappa shape index (κ3) is 4.72. The zero-order valence-corrected chi connectivity index (χ0v) is 14.2. The number of hydrogen-bond acceptors (Lipinski definition) is 4. The molecule has 8 heteroatoms. The van der Waals surface area contributed by atoms with E-state index in [1.807, 2.05) is 0 Å². The van der Waals surface area contributed by atoms with Crippen molar-refractivity contribution in [1.29, 1.82) is 0 Å². The van der Waals surface area contributed by atoms with Gasteiger partial charge in [-0.1, -0.05) is 6.07 Å². The number of alkyl halides is 3. The number of halogens is 4. The van der Waals surface area contributed by atoms with E-state index in [-0.39, 0.29) is 23.2 Å². The number of anilines is 2. The first kappa shape index (κ1) is 18.6. The molecule has 3 aromatic rings. The second-order valence-electron chi connectivity index (χ2n) is 5.56. The molecule has 0 unspecified atom stereocenters. The van der Waals surface area contributed by atoms with Gasteiger partial charge in [0.1, 0.15) is 11.6 Å². The molecular formula is C19H15F4N3O. The van der Waals surface area contributed by atoms with E-state index in [1.165, 1.54) is 42.5 Å². The molecule has 0 radical (unpaired) electrons. The summed E-state index contributed by atoms with van der Waals surface area (Å²) >= 11 is 0. The number of rotatable bonds is 5. The number of benzene rings is 2. The third-order valence-corrected chi connectivity index (χ3v) is 3.56.